The molecular formula is C10H15ClO4S. The summed E-state index contributed by atoms with van der Waals surface area (Å²) in [7, 11) is -4.67. The van der Waals surface area contributed by atoms with E-state index in [1.165, 1.54) is 11.1 Å². The zero-order valence-corrected chi connectivity index (χ0v) is 10.5. The van der Waals surface area contributed by atoms with E-state index in [0.717, 1.165) is 18.7 Å². The van der Waals surface area contributed by atoms with Gasteiger partial charge in [0.2, 0.25) is 0 Å². The third kappa shape index (κ3) is 11.5. The van der Waals surface area contributed by atoms with Gasteiger partial charge in [-0.25, -0.2) is 0 Å². The van der Waals surface area contributed by atoms with Crippen LogP contribution >= 0.6 is 11.6 Å². The smallest absolute Gasteiger partial charge is 0.264 e. The molecule has 92 valence electrons. The minimum atomic E-state index is -4.67. The van der Waals surface area contributed by atoms with Gasteiger partial charge >= 0.3 is 10.4 Å². The minimum Gasteiger partial charge on any atom is -0.264 e. The van der Waals surface area contributed by atoms with Crippen LogP contribution in [-0.2, 0) is 16.8 Å². The summed E-state index contributed by atoms with van der Waals surface area (Å²) < 4.78 is 31.6. The highest BCUT2D eigenvalue weighted by Gasteiger charge is 1.90. The van der Waals surface area contributed by atoms with Gasteiger partial charge in [0.1, 0.15) is 0 Å². The monoisotopic (exact) mass is 266 g/mol. The van der Waals surface area contributed by atoms with Crippen molar-refractivity contribution < 1.29 is 17.5 Å². The molecule has 0 saturated carbocycles. The molecule has 2 N–H and O–H groups in total. The Morgan fingerprint density at radius 1 is 1.19 bits per heavy atom. The van der Waals surface area contributed by atoms with Gasteiger partial charge in [-0.15, -0.1) is 11.6 Å². The normalized spacial score (nSPS) is 10.5. The second kappa shape index (κ2) is 7.62. The molecule has 6 heteroatoms. The number of hydrogen-bond acceptors (Lipinski definition) is 2. The summed E-state index contributed by atoms with van der Waals surface area (Å²) >= 11 is 5.58. The summed E-state index contributed by atoms with van der Waals surface area (Å²) in [5.41, 5.74) is 2.70. The summed E-state index contributed by atoms with van der Waals surface area (Å²) in [6.45, 7) is 2.10. The van der Waals surface area contributed by atoms with E-state index >= 15 is 0 Å². The highest BCUT2D eigenvalue weighted by molar-refractivity contribution is 7.79. The van der Waals surface area contributed by atoms with Crippen molar-refractivity contribution in [3.63, 3.8) is 0 Å². The van der Waals surface area contributed by atoms with Crippen LogP contribution in [0, 0.1) is 6.92 Å². The molecule has 0 aliphatic carbocycles. The van der Waals surface area contributed by atoms with Crippen molar-refractivity contribution in [3.8, 4) is 0 Å². The van der Waals surface area contributed by atoms with E-state index in [1.54, 1.807) is 0 Å². The maximum absolute atomic E-state index is 8.74. The minimum absolute atomic E-state index is 0.758. The molecule has 1 aromatic carbocycles. The highest BCUT2D eigenvalue weighted by Crippen LogP contribution is 2.05. The Hall–Kier alpha value is -0.620. The van der Waals surface area contributed by atoms with Gasteiger partial charge in [0.15, 0.2) is 0 Å². The van der Waals surface area contributed by atoms with Gasteiger partial charge in [-0.1, -0.05) is 29.8 Å². The molecule has 0 atom stereocenters. The van der Waals surface area contributed by atoms with E-state index < -0.39 is 10.4 Å². The summed E-state index contributed by atoms with van der Waals surface area (Å²) in [4.78, 5) is 0. The van der Waals surface area contributed by atoms with Gasteiger partial charge in [-0.05, 0) is 25.3 Å². The first-order valence-electron chi connectivity index (χ1n) is 4.64. The van der Waals surface area contributed by atoms with Gasteiger partial charge in [0.25, 0.3) is 0 Å². The predicted molar refractivity (Wildman–Crippen MR) is 64.4 cm³/mol. The van der Waals surface area contributed by atoms with Crippen LogP contribution in [0.25, 0.3) is 0 Å². The number of aryl methyl sites for hydroxylation is 2. The lowest BCUT2D eigenvalue weighted by atomic mass is 10.1. The average Bonchev–Trinajstić information content (AvgIpc) is 2.14. The Morgan fingerprint density at radius 2 is 1.62 bits per heavy atom. The molecule has 0 aliphatic heterocycles. The van der Waals surface area contributed by atoms with Crippen LogP contribution in [0.3, 0.4) is 0 Å². The molecule has 1 rings (SSSR count). The van der Waals surface area contributed by atoms with E-state index in [0.29, 0.717) is 0 Å². The molecule has 0 radical (unpaired) electrons. The maximum Gasteiger partial charge on any atom is 0.394 e. The topological polar surface area (TPSA) is 74.6 Å². The lowest BCUT2D eigenvalue weighted by Gasteiger charge is -1.98. The van der Waals surface area contributed by atoms with Crippen LogP contribution in [0.15, 0.2) is 24.3 Å². The molecule has 0 aromatic heterocycles. The number of hydrogen-bond donors (Lipinski definition) is 2. The third-order valence-electron chi connectivity index (χ3n) is 1.72. The molecule has 16 heavy (non-hydrogen) atoms. The molecule has 0 heterocycles. The number of rotatable bonds is 3. The van der Waals surface area contributed by atoms with E-state index in [9.17, 15) is 0 Å². The van der Waals surface area contributed by atoms with E-state index in [2.05, 4.69) is 31.2 Å². The van der Waals surface area contributed by atoms with Crippen LogP contribution in [0.4, 0.5) is 0 Å². The lowest BCUT2D eigenvalue weighted by Crippen LogP contribution is -1.89. The third-order valence-corrected chi connectivity index (χ3v) is 1.99. The Bertz CT molecular complexity index is 378. The Balaban J connectivity index is 0.000000385. The van der Waals surface area contributed by atoms with Crippen molar-refractivity contribution in [2.45, 2.75) is 19.8 Å². The number of halogens is 1. The highest BCUT2D eigenvalue weighted by atomic mass is 35.5. The van der Waals surface area contributed by atoms with Gasteiger partial charge in [-0.3, -0.25) is 9.11 Å². The summed E-state index contributed by atoms with van der Waals surface area (Å²) in [5.74, 6) is 0.758. The fraction of sp³-hybridized carbons (Fsp3) is 0.400. The predicted octanol–water partition coefficient (Wildman–Crippen LogP) is 2.51. The van der Waals surface area contributed by atoms with E-state index in [4.69, 9.17) is 29.1 Å². The van der Waals surface area contributed by atoms with Gasteiger partial charge in [0.05, 0.1) is 0 Å². The lowest BCUT2D eigenvalue weighted by molar-refractivity contribution is 0.381. The molecule has 4 nitrogen and oxygen atoms in total. The summed E-state index contributed by atoms with van der Waals surface area (Å²) in [6, 6.07) is 8.62. The van der Waals surface area contributed by atoms with E-state index in [-0.39, 0.29) is 0 Å². The molecule has 0 fully saturated rings. The quantitative estimate of drug-likeness (QED) is 0.651. The Labute approximate surface area is 101 Å². The molecule has 0 amide bonds. The zero-order valence-electron chi connectivity index (χ0n) is 8.93. The van der Waals surface area contributed by atoms with Crippen LogP contribution in [0.1, 0.15) is 17.5 Å². The van der Waals surface area contributed by atoms with Crippen molar-refractivity contribution in [3.05, 3.63) is 35.4 Å². The SMILES string of the molecule is Cc1ccc(CCCCl)cc1.O=S(=O)(O)O. The molecule has 0 aliphatic rings. The standard InChI is InChI=1S/C10H13Cl.H2O4S/c1-9-4-6-10(7-5-9)3-2-8-11;1-5(2,3)4/h4-7H,2-3,8H2,1H3;(H2,1,2,3,4). The summed E-state index contributed by atoms with van der Waals surface area (Å²) in [5, 5.41) is 0. The maximum atomic E-state index is 8.74. The first kappa shape index (κ1) is 15.4. The zero-order chi connectivity index (χ0) is 12.6. The van der Waals surface area contributed by atoms with Crippen molar-refractivity contribution in [1.82, 2.24) is 0 Å². The van der Waals surface area contributed by atoms with Gasteiger partial charge in [-0.2, -0.15) is 8.42 Å². The molecule has 0 unspecified atom stereocenters. The Morgan fingerprint density at radius 3 is 2.00 bits per heavy atom. The van der Waals surface area contributed by atoms with Crippen LogP contribution in [-0.4, -0.2) is 23.4 Å². The van der Waals surface area contributed by atoms with E-state index in [1.807, 2.05) is 0 Å². The fourth-order valence-electron chi connectivity index (χ4n) is 1.03. The first-order chi connectivity index (χ1) is 7.33. The van der Waals surface area contributed by atoms with Crippen molar-refractivity contribution in [2.75, 3.05) is 5.88 Å². The first-order valence-corrected chi connectivity index (χ1v) is 6.57. The second-order valence-electron chi connectivity index (χ2n) is 3.23. The second-order valence-corrected chi connectivity index (χ2v) is 4.50. The van der Waals surface area contributed by atoms with Crippen molar-refractivity contribution in [2.24, 2.45) is 0 Å². The largest absolute Gasteiger partial charge is 0.394 e. The van der Waals surface area contributed by atoms with Crippen molar-refractivity contribution >= 4 is 22.0 Å². The summed E-state index contributed by atoms with van der Waals surface area (Å²) in [6.07, 6.45) is 2.17. The van der Waals surface area contributed by atoms with Gasteiger partial charge < -0.3 is 0 Å². The molecule has 0 spiro atoms. The Kier molecular flexibility index (Phi) is 7.33. The van der Waals surface area contributed by atoms with Crippen LogP contribution in [0.2, 0.25) is 0 Å². The van der Waals surface area contributed by atoms with Crippen LogP contribution in [0.5, 0.6) is 0 Å². The molecular weight excluding hydrogens is 252 g/mol. The molecule has 0 bridgehead atoms. The average molecular weight is 267 g/mol. The van der Waals surface area contributed by atoms with Crippen LogP contribution < -0.4 is 0 Å². The molecule has 1 aromatic rings. The molecule has 0 saturated heterocycles. The number of benzene rings is 1. The fourth-order valence-corrected chi connectivity index (χ4v) is 1.16. The number of alkyl halides is 1. The van der Waals surface area contributed by atoms with Crippen molar-refractivity contribution in [1.29, 1.82) is 0 Å². The van der Waals surface area contributed by atoms with Gasteiger partial charge in [0, 0.05) is 5.88 Å².